The number of nitrogens with zero attached hydrogens (tertiary/aromatic N) is 1. The Morgan fingerprint density at radius 3 is 2.43 bits per heavy atom. The van der Waals surface area contributed by atoms with E-state index in [0.717, 1.165) is 21.8 Å². The monoisotopic (exact) mass is 298 g/mol. The third-order valence-corrected chi connectivity index (χ3v) is 4.54. The number of ether oxygens (including phenoxy) is 1. The molecule has 3 nitrogen and oxygen atoms in total. The number of fused-ring (bicyclic) bond motifs is 1. The van der Waals surface area contributed by atoms with E-state index in [2.05, 4.69) is 11.1 Å². The summed E-state index contributed by atoms with van der Waals surface area (Å²) in [4.78, 5) is 4.66. The summed E-state index contributed by atoms with van der Waals surface area (Å²) in [7, 11) is 0. The molecule has 2 aromatic carbocycles. The Hall–Kier alpha value is -1.91. The van der Waals surface area contributed by atoms with Crippen LogP contribution in [0.15, 0.2) is 48.5 Å². The second-order valence-electron chi connectivity index (χ2n) is 5.19. The quantitative estimate of drug-likeness (QED) is 0.789. The fourth-order valence-corrected chi connectivity index (χ4v) is 2.96. The van der Waals surface area contributed by atoms with Crippen LogP contribution in [0.2, 0.25) is 0 Å². The summed E-state index contributed by atoms with van der Waals surface area (Å²) in [5.41, 5.74) is 7.97. The average molecular weight is 298 g/mol. The minimum atomic E-state index is -0.00157. The Kier molecular flexibility index (Phi) is 3.90. The molecule has 0 aliphatic heterocycles. The molecule has 0 saturated heterocycles. The highest BCUT2D eigenvalue weighted by molar-refractivity contribution is 7.21. The molecule has 108 valence electrons. The first-order valence-electron chi connectivity index (χ1n) is 7.02. The molecular weight excluding hydrogens is 280 g/mol. The highest BCUT2D eigenvalue weighted by Gasteiger charge is 2.10. The number of nitrogens with two attached hydrogens (primary N) is 1. The van der Waals surface area contributed by atoms with Crippen LogP contribution >= 0.6 is 11.3 Å². The van der Waals surface area contributed by atoms with Crippen LogP contribution in [0.5, 0.6) is 5.75 Å². The maximum absolute atomic E-state index is 5.81. The first-order valence-corrected chi connectivity index (χ1v) is 7.83. The number of hydrogen-bond acceptors (Lipinski definition) is 4. The molecule has 3 rings (SSSR count). The van der Waals surface area contributed by atoms with Crippen molar-refractivity contribution in [1.29, 1.82) is 0 Å². The lowest BCUT2D eigenvalue weighted by Crippen LogP contribution is -2.33. The fraction of sp³-hybridized carbons (Fsp3) is 0.235. The van der Waals surface area contributed by atoms with Crippen LogP contribution in [0.4, 0.5) is 0 Å². The molecule has 0 bridgehead atoms. The summed E-state index contributed by atoms with van der Waals surface area (Å²) in [6.07, 6.45) is -0.00157. The first kappa shape index (κ1) is 14.0. The Morgan fingerprint density at radius 2 is 1.76 bits per heavy atom. The van der Waals surface area contributed by atoms with E-state index in [1.807, 2.05) is 56.3 Å². The Bertz CT molecular complexity index is 701. The van der Waals surface area contributed by atoms with E-state index in [-0.39, 0.29) is 12.1 Å². The van der Waals surface area contributed by atoms with Crippen molar-refractivity contribution in [3.63, 3.8) is 0 Å². The van der Waals surface area contributed by atoms with Crippen LogP contribution in [0.25, 0.3) is 20.8 Å². The summed E-state index contributed by atoms with van der Waals surface area (Å²) >= 11 is 1.70. The summed E-state index contributed by atoms with van der Waals surface area (Å²) < 4.78 is 6.99. The maximum atomic E-state index is 5.81. The van der Waals surface area contributed by atoms with Crippen molar-refractivity contribution in [3.8, 4) is 16.3 Å². The lowest BCUT2D eigenvalue weighted by atomic mass is 10.2. The number of rotatable bonds is 4. The average Bonchev–Trinajstić information content (AvgIpc) is 2.91. The largest absolute Gasteiger partial charge is 0.489 e. The van der Waals surface area contributed by atoms with Gasteiger partial charge in [-0.05, 0) is 50.2 Å². The normalized spacial score (nSPS) is 14.0. The molecule has 0 saturated carbocycles. The molecule has 2 atom stereocenters. The molecule has 0 radical (unpaired) electrons. The van der Waals surface area contributed by atoms with Gasteiger partial charge in [-0.1, -0.05) is 12.1 Å². The predicted octanol–water partition coefficient (Wildman–Crippen LogP) is 4.08. The predicted molar refractivity (Wildman–Crippen MR) is 88.8 cm³/mol. The third kappa shape index (κ3) is 3.06. The zero-order chi connectivity index (χ0) is 14.8. The lowest BCUT2D eigenvalue weighted by molar-refractivity contribution is 0.196. The van der Waals surface area contributed by atoms with E-state index < -0.39 is 0 Å². The fourth-order valence-electron chi connectivity index (χ4n) is 1.99. The maximum Gasteiger partial charge on any atom is 0.124 e. The molecule has 21 heavy (non-hydrogen) atoms. The van der Waals surface area contributed by atoms with Crippen LogP contribution in [0.1, 0.15) is 13.8 Å². The van der Waals surface area contributed by atoms with Gasteiger partial charge in [0.05, 0.1) is 10.2 Å². The van der Waals surface area contributed by atoms with Gasteiger partial charge in [-0.3, -0.25) is 0 Å². The zero-order valence-corrected chi connectivity index (χ0v) is 12.9. The highest BCUT2D eigenvalue weighted by atomic mass is 32.1. The smallest absolute Gasteiger partial charge is 0.124 e. The molecule has 1 heterocycles. The summed E-state index contributed by atoms with van der Waals surface area (Å²) in [5, 5.41) is 1.03. The number of para-hydroxylation sites is 1. The van der Waals surface area contributed by atoms with Gasteiger partial charge in [-0.2, -0.15) is 0 Å². The molecule has 1 aromatic heterocycles. The summed E-state index contributed by atoms with van der Waals surface area (Å²) in [6.45, 7) is 3.92. The van der Waals surface area contributed by atoms with Crippen LogP contribution < -0.4 is 10.5 Å². The Labute approximate surface area is 128 Å². The van der Waals surface area contributed by atoms with E-state index in [1.165, 1.54) is 4.70 Å². The van der Waals surface area contributed by atoms with E-state index >= 15 is 0 Å². The molecule has 1 unspecified atom stereocenters. The van der Waals surface area contributed by atoms with Gasteiger partial charge in [-0.15, -0.1) is 11.3 Å². The van der Waals surface area contributed by atoms with Crippen LogP contribution in [0.3, 0.4) is 0 Å². The highest BCUT2D eigenvalue weighted by Crippen LogP contribution is 2.31. The number of aromatic nitrogens is 1. The lowest BCUT2D eigenvalue weighted by Gasteiger charge is -2.17. The molecule has 0 spiro atoms. The zero-order valence-electron chi connectivity index (χ0n) is 12.1. The van der Waals surface area contributed by atoms with Gasteiger partial charge in [0.15, 0.2) is 0 Å². The van der Waals surface area contributed by atoms with Crippen molar-refractivity contribution >= 4 is 21.6 Å². The van der Waals surface area contributed by atoms with Crippen molar-refractivity contribution in [2.45, 2.75) is 26.0 Å². The second kappa shape index (κ2) is 5.84. The molecule has 0 amide bonds. The van der Waals surface area contributed by atoms with Crippen molar-refractivity contribution in [1.82, 2.24) is 4.98 Å². The number of hydrogen-bond donors (Lipinski definition) is 1. The molecule has 0 fully saturated rings. The Morgan fingerprint density at radius 1 is 1.05 bits per heavy atom. The van der Waals surface area contributed by atoms with Gasteiger partial charge in [0.25, 0.3) is 0 Å². The minimum absolute atomic E-state index is 0.00157. The SMILES string of the molecule is CC(N)[C@H](C)Oc1ccc(-c2nc3ccccc3s2)cc1. The molecular formula is C17H18N2OS. The standard InChI is InChI=1S/C17H18N2OS/c1-11(18)12(2)20-14-9-7-13(8-10-14)17-19-15-5-3-4-6-16(15)21-17/h3-12H,18H2,1-2H3/t11?,12-/m0/s1. The topological polar surface area (TPSA) is 48.1 Å². The van der Waals surface area contributed by atoms with E-state index in [4.69, 9.17) is 10.5 Å². The van der Waals surface area contributed by atoms with Crippen molar-refractivity contribution in [2.75, 3.05) is 0 Å². The van der Waals surface area contributed by atoms with Gasteiger partial charge < -0.3 is 10.5 Å². The minimum Gasteiger partial charge on any atom is -0.489 e. The molecule has 0 aliphatic rings. The molecule has 4 heteroatoms. The summed E-state index contributed by atoms with van der Waals surface area (Å²) in [5.74, 6) is 0.838. The Balaban J connectivity index is 1.83. The van der Waals surface area contributed by atoms with Crippen molar-refractivity contribution in [2.24, 2.45) is 5.73 Å². The van der Waals surface area contributed by atoms with E-state index in [1.54, 1.807) is 11.3 Å². The molecule has 0 aliphatic carbocycles. The van der Waals surface area contributed by atoms with E-state index in [9.17, 15) is 0 Å². The molecule has 3 aromatic rings. The van der Waals surface area contributed by atoms with Gasteiger partial charge in [0.2, 0.25) is 0 Å². The van der Waals surface area contributed by atoms with Crippen molar-refractivity contribution < 1.29 is 4.74 Å². The van der Waals surface area contributed by atoms with Gasteiger partial charge in [0, 0.05) is 11.6 Å². The van der Waals surface area contributed by atoms with Crippen LogP contribution in [0, 0.1) is 0 Å². The van der Waals surface area contributed by atoms with Crippen LogP contribution in [-0.4, -0.2) is 17.1 Å². The van der Waals surface area contributed by atoms with Gasteiger partial charge in [-0.25, -0.2) is 4.98 Å². The van der Waals surface area contributed by atoms with Crippen LogP contribution in [-0.2, 0) is 0 Å². The van der Waals surface area contributed by atoms with Crippen molar-refractivity contribution in [3.05, 3.63) is 48.5 Å². The summed E-state index contributed by atoms with van der Waals surface area (Å²) in [6, 6.07) is 16.2. The number of benzene rings is 2. The van der Waals surface area contributed by atoms with E-state index in [0.29, 0.717) is 0 Å². The second-order valence-corrected chi connectivity index (χ2v) is 6.22. The van der Waals surface area contributed by atoms with Gasteiger partial charge in [0.1, 0.15) is 16.9 Å². The number of thiazole rings is 1. The van der Waals surface area contributed by atoms with Gasteiger partial charge >= 0.3 is 0 Å². The third-order valence-electron chi connectivity index (χ3n) is 3.46. The molecule has 2 N–H and O–H groups in total. The first-order chi connectivity index (χ1) is 10.1.